The van der Waals surface area contributed by atoms with Crippen LogP contribution in [0.2, 0.25) is 0 Å². The molecule has 0 saturated carbocycles. The first-order chi connectivity index (χ1) is 15.7. The summed E-state index contributed by atoms with van der Waals surface area (Å²) in [6.07, 6.45) is 1.53. The highest BCUT2D eigenvalue weighted by atomic mass is 16.5. The van der Waals surface area contributed by atoms with Gasteiger partial charge in [-0.1, -0.05) is 54.6 Å². The van der Waals surface area contributed by atoms with Crippen molar-refractivity contribution in [1.82, 2.24) is 15.6 Å². The molecule has 0 spiro atoms. The first-order valence-electron chi connectivity index (χ1n) is 10.0. The third-order valence-corrected chi connectivity index (χ3v) is 4.71. The van der Waals surface area contributed by atoms with Gasteiger partial charge >= 0.3 is 0 Å². The number of carbonyl (C=O) groups is 1. The summed E-state index contributed by atoms with van der Waals surface area (Å²) in [6, 6.07) is 26.6. The van der Waals surface area contributed by atoms with Crippen LogP contribution >= 0.6 is 0 Å². The lowest BCUT2D eigenvalue weighted by atomic mass is 10.1. The minimum Gasteiger partial charge on any atom is -0.496 e. The fourth-order valence-corrected chi connectivity index (χ4v) is 3.07. The van der Waals surface area contributed by atoms with E-state index in [1.165, 1.54) is 6.21 Å². The van der Waals surface area contributed by atoms with Crippen LogP contribution in [-0.2, 0) is 6.61 Å². The zero-order valence-corrected chi connectivity index (χ0v) is 17.5. The molecule has 0 aliphatic heterocycles. The van der Waals surface area contributed by atoms with E-state index >= 15 is 0 Å². The largest absolute Gasteiger partial charge is 0.496 e. The van der Waals surface area contributed by atoms with Crippen LogP contribution < -0.4 is 14.9 Å². The molecule has 0 aliphatic carbocycles. The number of aromatic nitrogens is 2. The lowest BCUT2D eigenvalue weighted by Gasteiger charge is -2.07. The number of nitrogens with zero attached hydrogens (tertiary/aromatic N) is 2. The molecule has 0 unspecified atom stereocenters. The highest BCUT2D eigenvalue weighted by molar-refractivity contribution is 5.94. The fourth-order valence-electron chi connectivity index (χ4n) is 3.07. The third kappa shape index (κ3) is 5.20. The average molecular weight is 426 g/mol. The summed E-state index contributed by atoms with van der Waals surface area (Å²) in [5.74, 6) is 0.997. The molecular formula is C25H22N4O3. The van der Waals surface area contributed by atoms with Gasteiger partial charge in [-0.3, -0.25) is 9.89 Å². The highest BCUT2D eigenvalue weighted by Gasteiger charge is 2.11. The first-order valence-corrected chi connectivity index (χ1v) is 10.0. The molecule has 0 saturated heterocycles. The molecule has 1 aromatic heterocycles. The van der Waals surface area contributed by atoms with E-state index in [1.54, 1.807) is 13.2 Å². The van der Waals surface area contributed by atoms with Crippen LogP contribution in [0.3, 0.4) is 0 Å². The predicted octanol–water partition coefficient (Wildman–Crippen LogP) is 4.43. The van der Waals surface area contributed by atoms with E-state index in [1.807, 2.05) is 78.9 Å². The van der Waals surface area contributed by atoms with Crippen LogP contribution in [0, 0.1) is 0 Å². The van der Waals surface area contributed by atoms with Gasteiger partial charge in [0.15, 0.2) is 0 Å². The number of amides is 1. The smallest absolute Gasteiger partial charge is 0.289 e. The Kier molecular flexibility index (Phi) is 6.57. The van der Waals surface area contributed by atoms with Gasteiger partial charge in [0.05, 0.1) is 19.0 Å². The summed E-state index contributed by atoms with van der Waals surface area (Å²) in [4.78, 5) is 12.4. The van der Waals surface area contributed by atoms with Gasteiger partial charge in [-0.25, -0.2) is 5.43 Å². The summed E-state index contributed by atoms with van der Waals surface area (Å²) in [7, 11) is 1.58. The molecule has 1 amide bonds. The zero-order chi connectivity index (χ0) is 22.2. The molecule has 0 atom stereocenters. The third-order valence-electron chi connectivity index (χ3n) is 4.71. The number of aromatic amines is 1. The van der Waals surface area contributed by atoms with Gasteiger partial charge in [0, 0.05) is 11.1 Å². The average Bonchev–Trinajstić information content (AvgIpc) is 3.34. The van der Waals surface area contributed by atoms with Crippen molar-refractivity contribution in [2.75, 3.05) is 7.11 Å². The summed E-state index contributed by atoms with van der Waals surface area (Å²) in [6.45, 7) is 0.475. The molecule has 32 heavy (non-hydrogen) atoms. The van der Waals surface area contributed by atoms with E-state index in [4.69, 9.17) is 9.47 Å². The molecule has 4 aromatic rings. The van der Waals surface area contributed by atoms with Crippen molar-refractivity contribution in [3.63, 3.8) is 0 Å². The zero-order valence-electron chi connectivity index (χ0n) is 17.5. The maximum atomic E-state index is 12.4. The molecule has 160 valence electrons. The van der Waals surface area contributed by atoms with E-state index in [0.717, 1.165) is 22.4 Å². The number of ether oxygens (including phenoxy) is 2. The van der Waals surface area contributed by atoms with Gasteiger partial charge < -0.3 is 9.47 Å². The number of H-pyrrole nitrogens is 1. The highest BCUT2D eigenvalue weighted by Crippen LogP contribution is 2.23. The first kappa shape index (κ1) is 20.9. The van der Waals surface area contributed by atoms with Crippen molar-refractivity contribution in [3.8, 4) is 22.8 Å². The monoisotopic (exact) mass is 426 g/mol. The Hall–Kier alpha value is -4.39. The number of para-hydroxylation sites is 1. The second-order valence-corrected chi connectivity index (χ2v) is 6.91. The van der Waals surface area contributed by atoms with Crippen molar-refractivity contribution in [2.45, 2.75) is 6.61 Å². The van der Waals surface area contributed by atoms with Gasteiger partial charge in [-0.15, -0.1) is 0 Å². The molecule has 0 aliphatic rings. The maximum absolute atomic E-state index is 12.4. The molecule has 0 fully saturated rings. The van der Waals surface area contributed by atoms with E-state index < -0.39 is 5.91 Å². The molecule has 2 N–H and O–H groups in total. The topological polar surface area (TPSA) is 88.6 Å². The quantitative estimate of drug-likeness (QED) is 0.322. The number of benzene rings is 3. The second kappa shape index (κ2) is 10.1. The Morgan fingerprint density at radius 3 is 2.69 bits per heavy atom. The molecule has 7 heteroatoms. The maximum Gasteiger partial charge on any atom is 0.289 e. The molecule has 0 radical (unpaired) electrons. The number of hydrazone groups is 1. The minimum absolute atomic E-state index is 0.299. The Bertz CT molecular complexity index is 1220. The Morgan fingerprint density at radius 2 is 1.84 bits per heavy atom. The van der Waals surface area contributed by atoms with Crippen LogP contribution in [0.25, 0.3) is 11.3 Å². The SMILES string of the molecule is COc1ccccc1C=NNC(=O)c1cc(-c2cccc(OCc3ccccc3)c2)n[nH]1. The molecule has 4 rings (SSSR count). The Morgan fingerprint density at radius 1 is 1.03 bits per heavy atom. The molecule has 3 aromatic carbocycles. The predicted molar refractivity (Wildman–Crippen MR) is 123 cm³/mol. The van der Waals surface area contributed by atoms with E-state index in [-0.39, 0.29) is 0 Å². The number of rotatable bonds is 8. The van der Waals surface area contributed by atoms with E-state index in [9.17, 15) is 4.79 Å². The van der Waals surface area contributed by atoms with E-state index in [2.05, 4.69) is 20.7 Å². The van der Waals surface area contributed by atoms with Gasteiger partial charge in [-0.2, -0.15) is 10.2 Å². The standard InChI is InChI=1S/C25H22N4O3/c1-31-24-13-6-5-10-20(24)16-26-29-25(30)23-15-22(27-28-23)19-11-7-12-21(14-19)32-17-18-8-3-2-4-9-18/h2-16H,17H2,1H3,(H,27,28)(H,29,30). The lowest BCUT2D eigenvalue weighted by molar-refractivity contribution is 0.0950. The van der Waals surface area contributed by atoms with Gasteiger partial charge in [0.25, 0.3) is 5.91 Å². The number of hydrogen-bond acceptors (Lipinski definition) is 5. The summed E-state index contributed by atoms with van der Waals surface area (Å²) < 4.78 is 11.1. The number of methoxy groups -OCH3 is 1. The molecule has 7 nitrogen and oxygen atoms in total. The van der Waals surface area contributed by atoms with Gasteiger partial charge in [-0.05, 0) is 35.9 Å². The van der Waals surface area contributed by atoms with E-state index in [0.29, 0.717) is 23.7 Å². The number of carbonyl (C=O) groups excluding carboxylic acids is 1. The summed E-state index contributed by atoms with van der Waals surface area (Å²) >= 11 is 0. The van der Waals surface area contributed by atoms with Crippen LogP contribution in [0.15, 0.2) is 90.0 Å². The molecular weight excluding hydrogens is 404 g/mol. The Balaban J connectivity index is 1.39. The van der Waals surface area contributed by atoms with Crippen molar-refractivity contribution >= 4 is 12.1 Å². The van der Waals surface area contributed by atoms with Gasteiger partial charge in [0.1, 0.15) is 23.8 Å². The van der Waals surface area contributed by atoms with Crippen molar-refractivity contribution in [3.05, 3.63) is 102 Å². The fraction of sp³-hybridized carbons (Fsp3) is 0.0800. The normalized spacial score (nSPS) is 10.8. The Labute approximate surface area is 185 Å². The molecule has 0 bridgehead atoms. The van der Waals surface area contributed by atoms with Crippen molar-refractivity contribution in [2.24, 2.45) is 5.10 Å². The second-order valence-electron chi connectivity index (χ2n) is 6.91. The van der Waals surface area contributed by atoms with Crippen LogP contribution in [-0.4, -0.2) is 29.4 Å². The minimum atomic E-state index is -0.397. The van der Waals surface area contributed by atoms with Crippen molar-refractivity contribution in [1.29, 1.82) is 0 Å². The molecule has 1 heterocycles. The summed E-state index contributed by atoms with van der Waals surface area (Å²) in [5, 5.41) is 11.0. The summed E-state index contributed by atoms with van der Waals surface area (Å²) in [5.41, 5.74) is 6.11. The number of nitrogens with one attached hydrogen (secondary N) is 2. The van der Waals surface area contributed by atoms with Crippen LogP contribution in [0.4, 0.5) is 0 Å². The van der Waals surface area contributed by atoms with Crippen LogP contribution in [0.1, 0.15) is 21.6 Å². The number of hydrogen-bond donors (Lipinski definition) is 2. The lowest BCUT2D eigenvalue weighted by Crippen LogP contribution is -2.18. The van der Waals surface area contributed by atoms with Crippen LogP contribution in [0.5, 0.6) is 11.5 Å². The van der Waals surface area contributed by atoms with Crippen molar-refractivity contribution < 1.29 is 14.3 Å². The van der Waals surface area contributed by atoms with Gasteiger partial charge in [0.2, 0.25) is 0 Å².